The van der Waals surface area contributed by atoms with E-state index in [4.69, 9.17) is 0 Å². The first-order valence-electron chi connectivity index (χ1n) is 5.00. The molecule has 0 radical (unpaired) electrons. The van der Waals surface area contributed by atoms with Crippen LogP contribution in [0.25, 0.3) is 10.8 Å². The SMILES string of the molecule is OC1(c2cccc3ccccc23)CC1. The van der Waals surface area contributed by atoms with Gasteiger partial charge in [0.05, 0.1) is 5.60 Å². The third kappa shape index (κ3) is 1.06. The van der Waals surface area contributed by atoms with Crippen molar-refractivity contribution >= 4 is 10.8 Å². The van der Waals surface area contributed by atoms with Crippen molar-refractivity contribution < 1.29 is 5.11 Å². The summed E-state index contributed by atoms with van der Waals surface area (Å²) >= 11 is 0. The van der Waals surface area contributed by atoms with Gasteiger partial charge in [0.15, 0.2) is 0 Å². The molecule has 14 heavy (non-hydrogen) atoms. The Labute approximate surface area is 83.0 Å². The molecule has 0 aromatic heterocycles. The molecule has 2 aromatic rings. The van der Waals surface area contributed by atoms with Gasteiger partial charge in [0, 0.05) is 0 Å². The van der Waals surface area contributed by atoms with Gasteiger partial charge >= 0.3 is 0 Å². The lowest BCUT2D eigenvalue weighted by Crippen LogP contribution is -2.04. The zero-order chi connectivity index (χ0) is 9.60. The second-order valence-corrected chi connectivity index (χ2v) is 4.06. The maximum atomic E-state index is 10.1. The molecule has 1 aliphatic rings. The van der Waals surface area contributed by atoms with E-state index in [1.54, 1.807) is 0 Å². The van der Waals surface area contributed by atoms with Crippen LogP contribution in [-0.2, 0) is 5.60 Å². The predicted octanol–water partition coefficient (Wildman–Crippen LogP) is 2.82. The Kier molecular flexibility index (Phi) is 1.48. The van der Waals surface area contributed by atoms with E-state index in [0.29, 0.717) is 0 Å². The van der Waals surface area contributed by atoms with Crippen molar-refractivity contribution in [3.63, 3.8) is 0 Å². The zero-order valence-electron chi connectivity index (χ0n) is 7.90. The van der Waals surface area contributed by atoms with E-state index in [-0.39, 0.29) is 0 Å². The van der Waals surface area contributed by atoms with Gasteiger partial charge in [-0.15, -0.1) is 0 Å². The maximum absolute atomic E-state index is 10.1. The first kappa shape index (κ1) is 8.01. The Balaban J connectivity index is 2.33. The lowest BCUT2D eigenvalue weighted by Gasteiger charge is -2.11. The summed E-state index contributed by atoms with van der Waals surface area (Å²) in [6.45, 7) is 0. The molecule has 0 unspecified atom stereocenters. The van der Waals surface area contributed by atoms with Crippen LogP contribution in [0.4, 0.5) is 0 Å². The summed E-state index contributed by atoms with van der Waals surface area (Å²) in [5.74, 6) is 0. The highest BCUT2D eigenvalue weighted by Gasteiger charge is 2.42. The summed E-state index contributed by atoms with van der Waals surface area (Å²) in [7, 11) is 0. The Morgan fingerprint density at radius 2 is 1.64 bits per heavy atom. The molecule has 1 fully saturated rings. The Bertz CT molecular complexity index is 478. The Hall–Kier alpha value is -1.34. The highest BCUT2D eigenvalue weighted by atomic mass is 16.3. The summed E-state index contributed by atoms with van der Waals surface area (Å²) in [6.07, 6.45) is 1.81. The molecular formula is C13H12O. The largest absolute Gasteiger partial charge is 0.385 e. The highest BCUT2D eigenvalue weighted by molar-refractivity contribution is 5.86. The van der Waals surface area contributed by atoms with Crippen molar-refractivity contribution in [2.75, 3.05) is 0 Å². The van der Waals surface area contributed by atoms with Crippen LogP contribution in [0.15, 0.2) is 42.5 Å². The molecule has 70 valence electrons. The average Bonchev–Trinajstić information content (AvgIpc) is 2.97. The topological polar surface area (TPSA) is 20.2 Å². The van der Waals surface area contributed by atoms with Crippen LogP contribution >= 0.6 is 0 Å². The second kappa shape index (κ2) is 2.58. The fourth-order valence-corrected chi connectivity index (χ4v) is 2.02. The quantitative estimate of drug-likeness (QED) is 0.722. The van der Waals surface area contributed by atoms with Gasteiger partial charge in [0.25, 0.3) is 0 Å². The van der Waals surface area contributed by atoms with Gasteiger partial charge in [0.2, 0.25) is 0 Å². The number of fused-ring (bicyclic) bond motifs is 1. The molecule has 0 saturated heterocycles. The van der Waals surface area contributed by atoms with Crippen molar-refractivity contribution in [1.82, 2.24) is 0 Å². The van der Waals surface area contributed by atoms with Gasteiger partial charge in [-0.05, 0) is 29.2 Å². The fraction of sp³-hybridized carbons (Fsp3) is 0.231. The summed E-state index contributed by atoms with van der Waals surface area (Å²) in [5.41, 5.74) is 0.566. The zero-order valence-corrected chi connectivity index (χ0v) is 7.90. The normalized spacial score (nSPS) is 18.4. The molecule has 0 spiro atoms. The highest BCUT2D eigenvalue weighted by Crippen LogP contribution is 2.47. The summed E-state index contributed by atoms with van der Waals surface area (Å²) < 4.78 is 0. The van der Waals surface area contributed by atoms with Gasteiger partial charge in [-0.2, -0.15) is 0 Å². The monoisotopic (exact) mass is 184 g/mol. The van der Waals surface area contributed by atoms with Crippen molar-refractivity contribution in [3.05, 3.63) is 48.0 Å². The van der Waals surface area contributed by atoms with Crippen LogP contribution in [0.1, 0.15) is 18.4 Å². The lowest BCUT2D eigenvalue weighted by atomic mass is 9.99. The smallest absolute Gasteiger partial charge is 0.0904 e. The average molecular weight is 184 g/mol. The summed E-state index contributed by atoms with van der Waals surface area (Å²) in [4.78, 5) is 0. The number of rotatable bonds is 1. The van der Waals surface area contributed by atoms with Gasteiger partial charge in [-0.25, -0.2) is 0 Å². The Morgan fingerprint density at radius 1 is 0.929 bits per heavy atom. The molecule has 0 aliphatic heterocycles. The van der Waals surface area contributed by atoms with Gasteiger partial charge < -0.3 is 5.11 Å². The van der Waals surface area contributed by atoms with Crippen LogP contribution in [-0.4, -0.2) is 5.11 Å². The summed E-state index contributed by atoms with van der Waals surface area (Å²) in [5, 5.41) is 12.5. The molecule has 1 heteroatoms. The number of benzene rings is 2. The third-order valence-corrected chi connectivity index (χ3v) is 3.01. The molecule has 2 aromatic carbocycles. The van der Waals surface area contributed by atoms with E-state index in [0.717, 1.165) is 18.4 Å². The molecule has 0 heterocycles. The van der Waals surface area contributed by atoms with E-state index < -0.39 is 5.60 Å². The first-order valence-corrected chi connectivity index (χ1v) is 5.00. The van der Waals surface area contributed by atoms with Crippen LogP contribution in [0.3, 0.4) is 0 Å². The van der Waals surface area contributed by atoms with Crippen LogP contribution < -0.4 is 0 Å². The molecule has 0 atom stereocenters. The molecule has 1 N–H and O–H groups in total. The van der Waals surface area contributed by atoms with Crippen LogP contribution in [0, 0.1) is 0 Å². The minimum absolute atomic E-state index is 0.527. The molecule has 0 bridgehead atoms. The molecule has 1 saturated carbocycles. The number of hydrogen-bond donors (Lipinski definition) is 1. The van der Waals surface area contributed by atoms with Crippen molar-refractivity contribution in [2.45, 2.75) is 18.4 Å². The summed E-state index contributed by atoms with van der Waals surface area (Å²) in [6, 6.07) is 14.4. The van der Waals surface area contributed by atoms with E-state index in [9.17, 15) is 5.11 Å². The maximum Gasteiger partial charge on any atom is 0.0904 e. The Morgan fingerprint density at radius 3 is 2.43 bits per heavy atom. The van der Waals surface area contributed by atoms with Crippen molar-refractivity contribution in [1.29, 1.82) is 0 Å². The number of aliphatic hydroxyl groups is 1. The van der Waals surface area contributed by atoms with E-state index in [2.05, 4.69) is 18.2 Å². The van der Waals surface area contributed by atoms with E-state index in [1.807, 2.05) is 24.3 Å². The number of hydrogen-bond acceptors (Lipinski definition) is 1. The molecule has 1 aliphatic carbocycles. The van der Waals surface area contributed by atoms with Crippen molar-refractivity contribution in [3.8, 4) is 0 Å². The van der Waals surface area contributed by atoms with E-state index in [1.165, 1.54) is 10.8 Å². The minimum atomic E-state index is -0.527. The second-order valence-electron chi connectivity index (χ2n) is 4.06. The van der Waals surface area contributed by atoms with Gasteiger partial charge in [-0.3, -0.25) is 0 Å². The third-order valence-electron chi connectivity index (χ3n) is 3.01. The van der Waals surface area contributed by atoms with Gasteiger partial charge in [0.1, 0.15) is 0 Å². The lowest BCUT2D eigenvalue weighted by molar-refractivity contribution is 0.153. The van der Waals surface area contributed by atoms with Crippen molar-refractivity contribution in [2.24, 2.45) is 0 Å². The van der Waals surface area contributed by atoms with Gasteiger partial charge in [-0.1, -0.05) is 42.5 Å². The molecular weight excluding hydrogens is 172 g/mol. The first-order chi connectivity index (χ1) is 6.80. The molecule has 1 nitrogen and oxygen atoms in total. The minimum Gasteiger partial charge on any atom is -0.385 e. The molecule has 0 amide bonds. The standard InChI is InChI=1S/C13H12O/c14-13(8-9-13)12-7-3-5-10-4-1-2-6-11(10)12/h1-7,14H,8-9H2. The van der Waals surface area contributed by atoms with Crippen LogP contribution in [0.5, 0.6) is 0 Å². The predicted molar refractivity (Wildman–Crippen MR) is 57.1 cm³/mol. The fourth-order valence-electron chi connectivity index (χ4n) is 2.02. The van der Waals surface area contributed by atoms with Crippen LogP contribution in [0.2, 0.25) is 0 Å². The molecule has 3 rings (SSSR count). The van der Waals surface area contributed by atoms with E-state index >= 15 is 0 Å².